The lowest BCUT2D eigenvalue weighted by atomic mass is 9.74. The molecule has 1 fully saturated rings. The van der Waals surface area contributed by atoms with E-state index in [1.807, 2.05) is 0 Å². The van der Waals surface area contributed by atoms with Crippen LogP contribution in [0.5, 0.6) is 0 Å². The number of amides is 1. The number of nitrogens with zero attached hydrogens (tertiary/aromatic N) is 3. The number of aromatic nitrogens is 3. The molecule has 7 heteroatoms. The zero-order chi connectivity index (χ0) is 15.6. The minimum Gasteiger partial charge on any atom is -0.481 e. The highest BCUT2D eigenvalue weighted by molar-refractivity contribution is 5.99. The molecule has 0 aliphatic heterocycles. The van der Waals surface area contributed by atoms with Crippen molar-refractivity contribution in [3.63, 3.8) is 0 Å². The van der Waals surface area contributed by atoms with Crippen molar-refractivity contribution in [2.75, 3.05) is 6.54 Å². The molecule has 0 unspecified atom stereocenters. The van der Waals surface area contributed by atoms with E-state index < -0.39 is 11.4 Å². The van der Waals surface area contributed by atoms with Gasteiger partial charge in [-0.3, -0.25) is 9.59 Å². The number of hydrogen-bond acceptors (Lipinski definition) is 4. The van der Waals surface area contributed by atoms with Crippen molar-refractivity contribution < 1.29 is 14.7 Å². The van der Waals surface area contributed by atoms with Gasteiger partial charge in [0.25, 0.3) is 5.91 Å². The second-order valence-corrected chi connectivity index (χ2v) is 5.77. The molecule has 1 aliphatic rings. The van der Waals surface area contributed by atoms with E-state index in [0.717, 1.165) is 19.3 Å². The predicted octanol–water partition coefficient (Wildman–Crippen LogP) is 1.49. The molecule has 2 N–H and O–H groups in total. The van der Waals surface area contributed by atoms with Crippen molar-refractivity contribution >= 4 is 17.5 Å². The Hall–Kier alpha value is -2.44. The number of carboxylic acids is 1. The van der Waals surface area contributed by atoms with Crippen molar-refractivity contribution in [1.29, 1.82) is 0 Å². The summed E-state index contributed by atoms with van der Waals surface area (Å²) in [6.07, 6.45) is 8.80. The highest BCUT2D eigenvalue weighted by Gasteiger charge is 2.39. The number of aliphatic carboxylic acids is 1. The second-order valence-electron chi connectivity index (χ2n) is 5.77. The lowest BCUT2D eigenvalue weighted by Gasteiger charge is -2.33. The third kappa shape index (κ3) is 2.54. The summed E-state index contributed by atoms with van der Waals surface area (Å²) in [6.45, 7) is 0.144. The second kappa shape index (κ2) is 5.75. The molecule has 7 nitrogen and oxygen atoms in total. The van der Waals surface area contributed by atoms with Gasteiger partial charge in [0.1, 0.15) is 5.56 Å². The molecule has 2 heterocycles. The van der Waals surface area contributed by atoms with Gasteiger partial charge in [-0.05, 0) is 18.9 Å². The first-order valence-electron chi connectivity index (χ1n) is 7.42. The minimum atomic E-state index is -0.843. The van der Waals surface area contributed by atoms with Crippen molar-refractivity contribution in [2.24, 2.45) is 5.41 Å². The molecule has 1 amide bonds. The number of carbonyl (C=O) groups is 2. The van der Waals surface area contributed by atoms with E-state index in [9.17, 15) is 14.7 Å². The molecule has 2 aromatic rings. The van der Waals surface area contributed by atoms with Crippen LogP contribution in [0.25, 0.3) is 5.65 Å². The summed E-state index contributed by atoms with van der Waals surface area (Å²) in [5.74, 6) is -1.16. The van der Waals surface area contributed by atoms with Crippen LogP contribution in [0.2, 0.25) is 0 Å². The first-order valence-corrected chi connectivity index (χ1v) is 7.42. The molecule has 0 spiro atoms. The van der Waals surface area contributed by atoms with Crippen molar-refractivity contribution in [3.8, 4) is 0 Å². The number of hydrogen-bond donors (Lipinski definition) is 2. The van der Waals surface area contributed by atoms with Crippen LogP contribution in [0.15, 0.2) is 24.7 Å². The van der Waals surface area contributed by atoms with Gasteiger partial charge in [-0.15, -0.1) is 0 Å². The molecule has 0 atom stereocenters. The van der Waals surface area contributed by atoms with E-state index in [1.165, 1.54) is 10.7 Å². The van der Waals surface area contributed by atoms with Gasteiger partial charge >= 0.3 is 5.97 Å². The summed E-state index contributed by atoms with van der Waals surface area (Å²) in [7, 11) is 0. The van der Waals surface area contributed by atoms with Gasteiger partial charge in [0.15, 0.2) is 5.65 Å². The van der Waals surface area contributed by atoms with Gasteiger partial charge in [0, 0.05) is 18.9 Å². The molecule has 3 rings (SSSR count). The Bertz CT molecular complexity index is 704. The zero-order valence-electron chi connectivity index (χ0n) is 12.2. The molecule has 1 saturated carbocycles. The number of carbonyl (C=O) groups excluding carboxylic acids is 1. The van der Waals surface area contributed by atoms with Crippen molar-refractivity contribution in [1.82, 2.24) is 19.9 Å². The molecule has 0 aromatic carbocycles. The van der Waals surface area contributed by atoms with E-state index in [2.05, 4.69) is 15.4 Å². The molecule has 116 valence electrons. The Balaban J connectivity index is 1.75. The van der Waals surface area contributed by atoms with Crippen LogP contribution in [-0.4, -0.2) is 38.1 Å². The SMILES string of the molecule is O=C(NCC1(C(=O)O)CCCCC1)c1cnn2cccnc12. The lowest BCUT2D eigenvalue weighted by Crippen LogP contribution is -2.44. The first-order chi connectivity index (χ1) is 10.6. The summed E-state index contributed by atoms with van der Waals surface area (Å²) < 4.78 is 1.52. The maximum atomic E-state index is 12.3. The molecular formula is C15H18N4O3. The van der Waals surface area contributed by atoms with Crippen LogP contribution in [0.3, 0.4) is 0 Å². The lowest BCUT2D eigenvalue weighted by molar-refractivity contribution is -0.150. The Kier molecular flexibility index (Phi) is 3.79. The smallest absolute Gasteiger partial charge is 0.311 e. The number of fused-ring (bicyclic) bond motifs is 1. The van der Waals surface area contributed by atoms with Crippen LogP contribution in [0.1, 0.15) is 42.5 Å². The largest absolute Gasteiger partial charge is 0.481 e. The maximum Gasteiger partial charge on any atom is 0.311 e. The average molecular weight is 302 g/mol. The Morgan fingerprint density at radius 3 is 2.82 bits per heavy atom. The van der Waals surface area contributed by atoms with Gasteiger partial charge in [-0.25, -0.2) is 9.50 Å². The quantitative estimate of drug-likeness (QED) is 0.892. The molecule has 0 radical (unpaired) electrons. The highest BCUT2D eigenvalue weighted by Crippen LogP contribution is 2.36. The summed E-state index contributed by atoms with van der Waals surface area (Å²) in [5.41, 5.74) is -0.0189. The fourth-order valence-electron chi connectivity index (χ4n) is 3.03. The van der Waals surface area contributed by atoms with E-state index in [-0.39, 0.29) is 12.5 Å². The monoisotopic (exact) mass is 302 g/mol. The van der Waals surface area contributed by atoms with Crippen LogP contribution < -0.4 is 5.32 Å². The van der Waals surface area contributed by atoms with E-state index in [0.29, 0.717) is 24.1 Å². The predicted molar refractivity (Wildman–Crippen MR) is 78.5 cm³/mol. The zero-order valence-corrected chi connectivity index (χ0v) is 12.2. The normalized spacial score (nSPS) is 17.3. The Labute approximate surface area is 127 Å². The molecule has 1 aliphatic carbocycles. The number of nitrogens with one attached hydrogen (secondary N) is 1. The Morgan fingerprint density at radius 1 is 1.32 bits per heavy atom. The van der Waals surface area contributed by atoms with Gasteiger partial charge < -0.3 is 10.4 Å². The fraction of sp³-hybridized carbons (Fsp3) is 0.467. The molecule has 2 aromatic heterocycles. The number of rotatable bonds is 4. The average Bonchev–Trinajstić information content (AvgIpc) is 2.97. The van der Waals surface area contributed by atoms with E-state index in [1.54, 1.807) is 18.5 Å². The van der Waals surface area contributed by atoms with Gasteiger partial charge in [-0.2, -0.15) is 5.10 Å². The molecular weight excluding hydrogens is 284 g/mol. The summed E-state index contributed by atoms with van der Waals surface area (Å²) in [5, 5.41) is 16.3. The summed E-state index contributed by atoms with van der Waals surface area (Å²) in [6, 6.07) is 1.73. The third-order valence-corrected chi connectivity index (χ3v) is 4.38. The first kappa shape index (κ1) is 14.5. The van der Waals surface area contributed by atoms with Crippen molar-refractivity contribution in [3.05, 3.63) is 30.2 Å². The fourth-order valence-corrected chi connectivity index (χ4v) is 3.03. The van der Waals surface area contributed by atoms with Gasteiger partial charge in [0.05, 0.1) is 11.6 Å². The van der Waals surface area contributed by atoms with Crippen LogP contribution in [-0.2, 0) is 4.79 Å². The van der Waals surface area contributed by atoms with E-state index in [4.69, 9.17) is 0 Å². The third-order valence-electron chi connectivity index (χ3n) is 4.38. The topological polar surface area (TPSA) is 96.6 Å². The number of carboxylic acid groups (broad SMARTS) is 1. The standard InChI is InChI=1S/C15H18N4O3/c20-13(11-9-18-19-8-4-7-16-12(11)19)17-10-15(14(21)22)5-2-1-3-6-15/h4,7-9H,1-3,5-6,10H2,(H,17,20)(H,21,22). The molecule has 0 bridgehead atoms. The minimum absolute atomic E-state index is 0.144. The highest BCUT2D eigenvalue weighted by atomic mass is 16.4. The molecule has 0 saturated heterocycles. The maximum absolute atomic E-state index is 12.3. The van der Waals surface area contributed by atoms with Crippen LogP contribution >= 0.6 is 0 Å². The van der Waals surface area contributed by atoms with Gasteiger partial charge in [-0.1, -0.05) is 19.3 Å². The Morgan fingerprint density at radius 2 is 2.09 bits per heavy atom. The van der Waals surface area contributed by atoms with Crippen LogP contribution in [0.4, 0.5) is 0 Å². The van der Waals surface area contributed by atoms with Crippen molar-refractivity contribution in [2.45, 2.75) is 32.1 Å². The van der Waals surface area contributed by atoms with Crippen LogP contribution in [0, 0.1) is 5.41 Å². The summed E-state index contributed by atoms with van der Waals surface area (Å²) in [4.78, 5) is 28.1. The summed E-state index contributed by atoms with van der Waals surface area (Å²) >= 11 is 0. The van der Waals surface area contributed by atoms with Gasteiger partial charge in [0.2, 0.25) is 0 Å². The molecule has 22 heavy (non-hydrogen) atoms. The van der Waals surface area contributed by atoms with E-state index >= 15 is 0 Å².